The molecule has 5 nitrogen and oxygen atoms in total. The number of hydrogen-bond acceptors (Lipinski definition) is 3. The normalized spacial score (nSPS) is 10.9. The minimum Gasteiger partial charge on any atom is -0.319 e. The molecule has 0 saturated carbocycles. The molecule has 1 heterocycles. The summed E-state index contributed by atoms with van der Waals surface area (Å²) in [4.78, 5) is 29.8. The van der Waals surface area contributed by atoms with E-state index < -0.39 is 11.7 Å². The summed E-state index contributed by atoms with van der Waals surface area (Å²) in [5, 5.41) is 3.26. The Bertz CT molecular complexity index is 1300. The second kappa shape index (κ2) is 7.48. The summed E-state index contributed by atoms with van der Waals surface area (Å²) >= 11 is 5.72. The van der Waals surface area contributed by atoms with Crippen molar-refractivity contribution in [2.75, 3.05) is 5.32 Å². The lowest BCUT2D eigenvalue weighted by atomic mass is 10.1. The fourth-order valence-corrected chi connectivity index (χ4v) is 3.25. The summed E-state index contributed by atoms with van der Waals surface area (Å²) in [5.74, 6) is -0.556. The standard InChI is InChI=1S/C22H15ClFN3O2/c1-13-25-19-5-3-2-4-17(19)22(29)27(13)16-9-6-14(7-10-16)21(28)26-20-11-8-15(23)12-18(20)24/h2-12H,1H3,(H,26,28). The van der Waals surface area contributed by atoms with E-state index in [1.54, 1.807) is 49.4 Å². The van der Waals surface area contributed by atoms with Crippen LogP contribution in [0.5, 0.6) is 0 Å². The number of fused-ring (bicyclic) bond motifs is 1. The first-order valence-corrected chi connectivity index (χ1v) is 9.17. The molecule has 0 spiro atoms. The van der Waals surface area contributed by atoms with E-state index in [2.05, 4.69) is 10.3 Å². The number of nitrogens with one attached hydrogen (secondary N) is 1. The van der Waals surface area contributed by atoms with E-state index in [4.69, 9.17) is 11.6 Å². The maximum absolute atomic E-state index is 13.9. The van der Waals surface area contributed by atoms with Crippen LogP contribution in [-0.4, -0.2) is 15.5 Å². The zero-order valence-corrected chi connectivity index (χ0v) is 16.1. The molecule has 3 aromatic carbocycles. The van der Waals surface area contributed by atoms with E-state index >= 15 is 0 Å². The molecular weight excluding hydrogens is 393 g/mol. The van der Waals surface area contributed by atoms with Gasteiger partial charge in [0.05, 0.1) is 22.3 Å². The number of carbonyl (C=O) groups is 1. The van der Waals surface area contributed by atoms with Crippen LogP contribution in [0.1, 0.15) is 16.2 Å². The van der Waals surface area contributed by atoms with Crippen LogP contribution in [0.25, 0.3) is 16.6 Å². The predicted molar refractivity (Wildman–Crippen MR) is 111 cm³/mol. The van der Waals surface area contributed by atoms with Crippen LogP contribution in [0.2, 0.25) is 5.02 Å². The van der Waals surface area contributed by atoms with Gasteiger partial charge in [-0.15, -0.1) is 0 Å². The minimum absolute atomic E-state index is 0.0364. The number of hydrogen-bond donors (Lipinski definition) is 1. The largest absolute Gasteiger partial charge is 0.319 e. The third-order valence-corrected chi connectivity index (χ3v) is 4.75. The fraction of sp³-hybridized carbons (Fsp3) is 0.0455. The Kier molecular flexibility index (Phi) is 4.86. The molecule has 1 amide bonds. The first kappa shape index (κ1) is 18.8. The number of aryl methyl sites for hydroxylation is 1. The number of benzene rings is 3. The van der Waals surface area contributed by atoms with Crippen LogP contribution < -0.4 is 10.9 Å². The zero-order chi connectivity index (χ0) is 20.5. The Morgan fingerprint density at radius 3 is 2.52 bits per heavy atom. The van der Waals surface area contributed by atoms with Crippen molar-refractivity contribution in [1.29, 1.82) is 0 Å². The third kappa shape index (κ3) is 3.62. The predicted octanol–water partition coefficient (Wildman–Crippen LogP) is 4.74. The van der Waals surface area contributed by atoms with E-state index in [1.807, 2.05) is 6.07 Å². The first-order chi connectivity index (χ1) is 13.9. The Morgan fingerprint density at radius 1 is 1.07 bits per heavy atom. The Balaban J connectivity index is 1.65. The molecule has 1 aromatic heterocycles. The second-order valence-electron chi connectivity index (χ2n) is 6.44. The first-order valence-electron chi connectivity index (χ1n) is 8.79. The molecule has 4 aromatic rings. The van der Waals surface area contributed by atoms with Gasteiger partial charge >= 0.3 is 0 Å². The fourth-order valence-electron chi connectivity index (χ4n) is 3.10. The van der Waals surface area contributed by atoms with Gasteiger partial charge in [-0.05, 0) is 61.5 Å². The number of para-hydroxylation sites is 1. The highest BCUT2D eigenvalue weighted by atomic mass is 35.5. The number of carbonyl (C=O) groups excluding carboxylic acids is 1. The lowest BCUT2D eigenvalue weighted by Gasteiger charge is -2.12. The van der Waals surface area contributed by atoms with Crippen molar-refractivity contribution in [3.05, 3.63) is 99.3 Å². The Hall–Kier alpha value is -3.51. The number of nitrogens with zero attached hydrogens (tertiary/aromatic N) is 2. The van der Waals surface area contributed by atoms with E-state index in [0.29, 0.717) is 28.0 Å². The summed E-state index contributed by atoms with van der Waals surface area (Å²) < 4.78 is 15.4. The molecular formula is C22H15ClFN3O2. The van der Waals surface area contributed by atoms with E-state index in [0.717, 1.165) is 6.07 Å². The molecule has 29 heavy (non-hydrogen) atoms. The molecule has 4 rings (SSSR count). The van der Waals surface area contributed by atoms with Gasteiger partial charge in [-0.25, -0.2) is 9.37 Å². The maximum Gasteiger partial charge on any atom is 0.265 e. The lowest BCUT2D eigenvalue weighted by Crippen LogP contribution is -2.22. The molecule has 0 aliphatic heterocycles. The summed E-state index contributed by atoms with van der Waals surface area (Å²) in [7, 11) is 0. The van der Waals surface area contributed by atoms with Crippen molar-refractivity contribution in [1.82, 2.24) is 9.55 Å². The molecule has 144 valence electrons. The van der Waals surface area contributed by atoms with Crippen LogP contribution in [0.15, 0.2) is 71.5 Å². The average Bonchev–Trinajstić information content (AvgIpc) is 2.70. The van der Waals surface area contributed by atoms with Crippen molar-refractivity contribution in [3.8, 4) is 5.69 Å². The summed E-state index contributed by atoms with van der Waals surface area (Å²) in [6.07, 6.45) is 0. The quantitative estimate of drug-likeness (QED) is 0.533. The highest BCUT2D eigenvalue weighted by molar-refractivity contribution is 6.30. The van der Waals surface area contributed by atoms with Gasteiger partial charge in [0, 0.05) is 10.6 Å². The van der Waals surface area contributed by atoms with Crippen LogP contribution in [0.3, 0.4) is 0 Å². The third-order valence-electron chi connectivity index (χ3n) is 4.51. The van der Waals surface area contributed by atoms with Crippen LogP contribution in [-0.2, 0) is 0 Å². The van der Waals surface area contributed by atoms with Gasteiger partial charge < -0.3 is 5.32 Å². The molecule has 0 unspecified atom stereocenters. The molecule has 0 fully saturated rings. The minimum atomic E-state index is -0.619. The van der Waals surface area contributed by atoms with E-state index in [1.165, 1.54) is 16.7 Å². The van der Waals surface area contributed by atoms with E-state index in [9.17, 15) is 14.0 Å². The maximum atomic E-state index is 13.9. The van der Waals surface area contributed by atoms with Gasteiger partial charge in [0.25, 0.3) is 11.5 Å². The van der Waals surface area contributed by atoms with Gasteiger partial charge in [0.2, 0.25) is 0 Å². The Labute approximate surface area is 170 Å². The number of aromatic nitrogens is 2. The smallest absolute Gasteiger partial charge is 0.265 e. The Morgan fingerprint density at radius 2 is 1.79 bits per heavy atom. The molecule has 7 heteroatoms. The van der Waals surface area contributed by atoms with E-state index in [-0.39, 0.29) is 16.3 Å². The van der Waals surface area contributed by atoms with Crippen molar-refractivity contribution in [3.63, 3.8) is 0 Å². The molecule has 0 aliphatic carbocycles. The monoisotopic (exact) mass is 407 g/mol. The lowest BCUT2D eigenvalue weighted by molar-refractivity contribution is 0.102. The topological polar surface area (TPSA) is 64.0 Å². The number of rotatable bonds is 3. The zero-order valence-electron chi connectivity index (χ0n) is 15.3. The van der Waals surface area contributed by atoms with Crippen molar-refractivity contribution in [2.45, 2.75) is 6.92 Å². The molecule has 0 atom stereocenters. The van der Waals surface area contributed by atoms with Crippen LogP contribution >= 0.6 is 11.6 Å². The van der Waals surface area contributed by atoms with Gasteiger partial charge in [-0.3, -0.25) is 14.2 Å². The van der Waals surface area contributed by atoms with Gasteiger partial charge in [0.15, 0.2) is 0 Å². The second-order valence-corrected chi connectivity index (χ2v) is 6.88. The van der Waals surface area contributed by atoms with Gasteiger partial charge in [-0.1, -0.05) is 23.7 Å². The molecule has 1 N–H and O–H groups in total. The van der Waals surface area contributed by atoms with Crippen LogP contribution in [0.4, 0.5) is 10.1 Å². The number of halogens is 2. The van der Waals surface area contributed by atoms with Crippen molar-refractivity contribution in [2.24, 2.45) is 0 Å². The summed E-state index contributed by atoms with van der Waals surface area (Å²) in [6.45, 7) is 1.75. The number of amides is 1. The van der Waals surface area contributed by atoms with Gasteiger partial charge in [-0.2, -0.15) is 0 Å². The highest BCUT2D eigenvalue weighted by Crippen LogP contribution is 2.20. The molecule has 0 aliphatic rings. The number of anilines is 1. The highest BCUT2D eigenvalue weighted by Gasteiger charge is 2.12. The molecule has 0 radical (unpaired) electrons. The van der Waals surface area contributed by atoms with Gasteiger partial charge in [0.1, 0.15) is 11.6 Å². The summed E-state index contributed by atoms with van der Waals surface area (Å²) in [6, 6.07) is 17.6. The van der Waals surface area contributed by atoms with Crippen molar-refractivity contribution < 1.29 is 9.18 Å². The SMILES string of the molecule is Cc1nc2ccccc2c(=O)n1-c1ccc(C(=O)Nc2ccc(Cl)cc2F)cc1. The summed E-state index contributed by atoms with van der Waals surface area (Å²) in [5.41, 5.74) is 1.39. The van der Waals surface area contributed by atoms with Crippen LogP contribution in [0, 0.1) is 12.7 Å². The molecule has 0 saturated heterocycles. The van der Waals surface area contributed by atoms with Crippen molar-refractivity contribution >= 4 is 34.1 Å². The molecule has 0 bridgehead atoms. The average molecular weight is 408 g/mol.